The third-order valence-electron chi connectivity index (χ3n) is 3.24. The van der Waals surface area contributed by atoms with E-state index in [2.05, 4.69) is 0 Å². The van der Waals surface area contributed by atoms with Gasteiger partial charge in [0.05, 0.1) is 6.54 Å². The minimum Gasteiger partial charge on any atom is -0.480 e. The van der Waals surface area contributed by atoms with Crippen LogP contribution in [0.4, 0.5) is 13.2 Å². The van der Waals surface area contributed by atoms with E-state index in [-0.39, 0.29) is 6.04 Å². The zero-order chi connectivity index (χ0) is 14.8. The molecule has 0 spiro atoms. The van der Waals surface area contributed by atoms with Gasteiger partial charge in [0.15, 0.2) is 0 Å². The molecule has 1 rings (SSSR count). The van der Waals surface area contributed by atoms with Crippen molar-refractivity contribution >= 4 is 11.9 Å². The van der Waals surface area contributed by atoms with Gasteiger partial charge in [-0.25, -0.2) is 4.79 Å². The fourth-order valence-electron chi connectivity index (χ4n) is 1.68. The molecule has 1 fully saturated rings. The molecule has 0 aromatic carbocycles. The molecule has 2 N–H and O–H groups in total. The lowest BCUT2D eigenvalue weighted by Crippen LogP contribution is -2.62. The molecular weight excluding hydrogens is 265 g/mol. The van der Waals surface area contributed by atoms with E-state index in [1.807, 2.05) is 5.32 Å². The summed E-state index contributed by atoms with van der Waals surface area (Å²) < 4.78 is 38.1. The maximum atomic E-state index is 12.7. The van der Waals surface area contributed by atoms with Crippen molar-refractivity contribution < 1.29 is 27.9 Å². The number of carboxylic acid groups (broad SMARTS) is 1. The molecule has 19 heavy (non-hydrogen) atoms. The fourth-order valence-corrected chi connectivity index (χ4v) is 1.68. The monoisotopic (exact) mass is 282 g/mol. The summed E-state index contributed by atoms with van der Waals surface area (Å²) >= 11 is 0. The van der Waals surface area contributed by atoms with Gasteiger partial charge in [-0.3, -0.25) is 10.1 Å². The Balaban J connectivity index is 2.67. The second-order valence-corrected chi connectivity index (χ2v) is 4.69. The Bertz CT molecular complexity index is 369. The first-order valence-electron chi connectivity index (χ1n) is 5.98. The fraction of sp³-hybridized carbons (Fsp3) is 0.818. The Labute approximate surface area is 108 Å². The molecule has 0 radical (unpaired) electrons. The second-order valence-electron chi connectivity index (χ2n) is 4.69. The standard InChI is InChI=1S/C11H17F3N2O3/c1-3-16(7-4-5-7)8(17)6-15-10(2,9(18)19)11(12,13)14/h7,15H,3-6H2,1-2H3,(H,18,19). The van der Waals surface area contributed by atoms with Crippen LogP contribution in [0.25, 0.3) is 0 Å². The summed E-state index contributed by atoms with van der Waals surface area (Å²) in [6, 6.07) is 0.0845. The van der Waals surface area contributed by atoms with Crippen LogP contribution in [0.15, 0.2) is 0 Å². The topological polar surface area (TPSA) is 69.6 Å². The van der Waals surface area contributed by atoms with Gasteiger partial charge in [-0.15, -0.1) is 0 Å². The van der Waals surface area contributed by atoms with Crippen LogP contribution in [0.1, 0.15) is 26.7 Å². The number of nitrogens with one attached hydrogen (secondary N) is 1. The van der Waals surface area contributed by atoms with Crippen molar-refractivity contribution in [2.75, 3.05) is 13.1 Å². The summed E-state index contributed by atoms with van der Waals surface area (Å²) in [6.45, 7) is 2.00. The van der Waals surface area contributed by atoms with Crippen molar-refractivity contribution in [1.82, 2.24) is 10.2 Å². The number of halogens is 3. The van der Waals surface area contributed by atoms with Crippen molar-refractivity contribution in [2.24, 2.45) is 0 Å². The Morgan fingerprint density at radius 3 is 2.21 bits per heavy atom. The predicted molar refractivity (Wildman–Crippen MR) is 60.5 cm³/mol. The van der Waals surface area contributed by atoms with Gasteiger partial charge in [-0.05, 0) is 26.7 Å². The number of hydrogen-bond donors (Lipinski definition) is 2. The molecule has 0 heterocycles. The van der Waals surface area contributed by atoms with Crippen LogP contribution in [0.5, 0.6) is 0 Å². The summed E-state index contributed by atoms with van der Waals surface area (Å²) in [4.78, 5) is 24.0. The molecule has 5 nitrogen and oxygen atoms in total. The van der Waals surface area contributed by atoms with E-state index < -0.39 is 30.1 Å². The van der Waals surface area contributed by atoms with Gasteiger partial charge in [-0.2, -0.15) is 13.2 Å². The summed E-state index contributed by atoms with van der Waals surface area (Å²) in [5.74, 6) is -2.57. The number of hydrogen-bond acceptors (Lipinski definition) is 3. The molecule has 0 aliphatic heterocycles. The highest BCUT2D eigenvalue weighted by atomic mass is 19.4. The number of alkyl halides is 3. The van der Waals surface area contributed by atoms with E-state index in [4.69, 9.17) is 5.11 Å². The number of carbonyl (C=O) groups excluding carboxylic acids is 1. The van der Waals surface area contributed by atoms with Gasteiger partial charge < -0.3 is 10.0 Å². The van der Waals surface area contributed by atoms with Crippen LogP contribution in [0.2, 0.25) is 0 Å². The second kappa shape index (κ2) is 5.36. The lowest BCUT2D eigenvalue weighted by atomic mass is 10.0. The normalized spacial score (nSPS) is 18.8. The Morgan fingerprint density at radius 2 is 1.89 bits per heavy atom. The molecule has 1 atom stereocenters. The lowest BCUT2D eigenvalue weighted by molar-refractivity contribution is -0.205. The number of aliphatic carboxylic acids is 1. The van der Waals surface area contributed by atoms with Crippen molar-refractivity contribution in [2.45, 2.75) is 44.4 Å². The highest BCUT2D eigenvalue weighted by molar-refractivity contribution is 5.83. The zero-order valence-corrected chi connectivity index (χ0v) is 10.8. The minimum absolute atomic E-state index is 0.0845. The molecule has 1 aliphatic carbocycles. The number of carbonyl (C=O) groups is 2. The van der Waals surface area contributed by atoms with Crippen molar-refractivity contribution in [3.63, 3.8) is 0 Å². The Hall–Kier alpha value is -1.31. The first kappa shape index (κ1) is 15.7. The zero-order valence-electron chi connectivity index (χ0n) is 10.8. The maximum Gasteiger partial charge on any atom is 0.417 e. The number of likely N-dealkylation sites (N-methyl/N-ethyl adjacent to an activating group) is 1. The predicted octanol–water partition coefficient (Wildman–Crippen LogP) is 0.992. The molecule has 0 bridgehead atoms. The number of carboxylic acids is 1. The van der Waals surface area contributed by atoms with Gasteiger partial charge in [0.25, 0.3) is 0 Å². The van der Waals surface area contributed by atoms with Gasteiger partial charge >= 0.3 is 12.1 Å². The van der Waals surface area contributed by atoms with Gasteiger partial charge in [0.2, 0.25) is 11.4 Å². The molecule has 8 heteroatoms. The summed E-state index contributed by atoms with van der Waals surface area (Å²) in [6.07, 6.45) is -3.29. The van der Waals surface area contributed by atoms with E-state index in [1.165, 1.54) is 4.90 Å². The molecule has 1 amide bonds. The van der Waals surface area contributed by atoms with Crippen molar-refractivity contribution in [3.8, 4) is 0 Å². The molecular formula is C11H17F3N2O3. The summed E-state index contributed by atoms with van der Waals surface area (Å²) in [5, 5.41) is 10.5. The van der Waals surface area contributed by atoms with E-state index >= 15 is 0 Å². The van der Waals surface area contributed by atoms with E-state index in [9.17, 15) is 22.8 Å². The van der Waals surface area contributed by atoms with Crippen LogP contribution in [-0.2, 0) is 9.59 Å². The first-order chi connectivity index (χ1) is 8.63. The van der Waals surface area contributed by atoms with Crippen LogP contribution >= 0.6 is 0 Å². The molecule has 0 aromatic rings. The number of nitrogens with zero attached hydrogens (tertiary/aromatic N) is 1. The first-order valence-corrected chi connectivity index (χ1v) is 5.98. The quantitative estimate of drug-likeness (QED) is 0.762. The van der Waals surface area contributed by atoms with Crippen LogP contribution in [-0.4, -0.2) is 52.7 Å². The van der Waals surface area contributed by atoms with Crippen LogP contribution in [0.3, 0.4) is 0 Å². The number of amides is 1. The van der Waals surface area contributed by atoms with Crippen molar-refractivity contribution in [3.05, 3.63) is 0 Å². The van der Waals surface area contributed by atoms with Crippen LogP contribution < -0.4 is 5.32 Å². The van der Waals surface area contributed by atoms with E-state index in [0.717, 1.165) is 12.8 Å². The highest BCUT2D eigenvalue weighted by Gasteiger charge is 2.57. The van der Waals surface area contributed by atoms with Gasteiger partial charge in [0, 0.05) is 12.6 Å². The van der Waals surface area contributed by atoms with Gasteiger partial charge in [-0.1, -0.05) is 0 Å². The van der Waals surface area contributed by atoms with Crippen LogP contribution in [0, 0.1) is 0 Å². The average Bonchev–Trinajstić information content (AvgIpc) is 3.09. The number of rotatable bonds is 6. The van der Waals surface area contributed by atoms with Crippen molar-refractivity contribution in [1.29, 1.82) is 0 Å². The largest absolute Gasteiger partial charge is 0.480 e. The molecule has 0 saturated heterocycles. The van der Waals surface area contributed by atoms with Gasteiger partial charge in [0.1, 0.15) is 0 Å². The third-order valence-corrected chi connectivity index (χ3v) is 3.24. The SMILES string of the molecule is CCN(C(=O)CNC(C)(C(=O)O)C(F)(F)F)C1CC1. The summed E-state index contributed by atoms with van der Waals surface area (Å²) in [7, 11) is 0. The molecule has 110 valence electrons. The Morgan fingerprint density at radius 1 is 1.37 bits per heavy atom. The minimum atomic E-state index is -4.98. The molecule has 1 unspecified atom stereocenters. The molecule has 1 aliphatic rings. The Kier molecular flexibility index (Phi) is 4.44. The molecule has 0 aromatic heterocycles. The van der Waals surface area contributed by atoms with E-state index in [0.29, 0.717) is 13.5 Å². The van der Waals surface area contributed by atoms with E-state index in [1.54, 1.807) is 6.92 Å². The molecule has 1 saturated carbocycles. The third kappa shape index (κ3) is 3.37. The smallest absolute Gasteiger partial charge is 0.417 e. The highest BCUT2D eigenvalue weighted by Crippen LogP contribution is 2.30. The average molecular weight is 282 g/mol. The lowest BCUT2D eigenvalue weighted by Gasteiger charge is -2.30. The maximum absolute atomic E-state index is 12.7. The summed E-state index contributed by atoms with van der Waals surface area (Å²) in [5.41, 5.74) is -3.12.